The number of rotatable bonds is 3. The van der Waals surface area contributed by atoms with Crippen molar-refractivity contribution in [2.75, 3.05) is 5.75 Å². The van der Waals surface area contributed by atoms with Gasteiger partial charge in [0.25, 0.3) is 5.24 Å². The van der Waals surface area contributed by atoms with Crippen LogP contribution in [0.4, 0.5) is 4.79 Å². The molecule has 0 saturated heterocycles. The van der Waals surface area contributed by atoms with Gasteiger partial charge in [-0.25, -0.2) is 0 Å². The second-order valence-corrected chi connectivity index (χ2v) is 6.63. The van der Waals surface area contributed by atoms with Crippen LogP contribution in [0, 0.1) is 17.3 Å². The molecule has 0 aliphatic heterocycles. The van der Waals surface area contributed by atoms with Crippen LogP contribution in [0.3, 0.4) is 0 Å². The monoisotopic (exact) mass is 255 g/mol. The van der Waals surface area contributed by atoms with Gasteiger partial charge in [-0.05, 0) is 48.5 Å². The molecule has 0 heterocycles. The van der Waals surface area contributed by atoms with Crippen LogP contribution in [-0.2, 0) is 0 Å². The lowest BCUT2D eigenvalue weighted by Crippen LogP contribution is -2.39. The van der Waals surface area contributed by atoms with E-state index in [4.69, 9.17) is 0 Å². The Bertz CT molecular complexity index is 296. The maximum Gasteiger partial charge on any atom is 0.283 e. The van der Waals surface area contributed by atoms with Gasteiger partial charge in [-0.3, -0.25) is 4.79 Å². The van der Waals surface area contributed by atoms with Crippen molar-refractivity contribution in [2.45, 2.75) is 60.5 Å². The third kappa shape index (κ3) is 7.33. The summed E-state index contributed by atoms with van der Waals surface area (Å²) < 4.78 is 0. The molecule has 0 aliphatic carbocycles. The van der Waals surface area contributed by atoms with E-state index in [1.165, 1.54) is 11.8 Å². The van der Waals surface area contributed by atoms with Gasteiger partial charge in [0.05, 0.1) is 5.75 Å². The van der Waals surface area contributed by atoms with Gasteiger partial charge in [-0.15, -0.1) is 0 Å². The Balaban J connectivity index is 4.29. The molecule has 0 spiro atoms. The van der Waals surface area contributed by atoms with Crippen LogP contribution >= 0.6 is 11.8 Å². The highest BCUT2D eigenvalue weighted by Gasteiger charge is 2.19. The fraction of sp³-hybridized carbons (Fsp3) is 0.786. The van der Waals surface area contributed by atoms with E-state index in [-0.39, 0.29) is 22.7 Å². The van der Waals surface area contributed by atoms with Crippen molar-refractivity contribution < 1.29 is 4.79 Å². The molecule has 0 aromatic carbocycles. The van der Waals surface area contributed by atoms with Gasteiger partial charge in [0.2, 0.25) is 0 Å². The van der Waals surface area contributed by atoms with E-state index >= 15 is 0 Å². The first-order valence-electron chi connectivity index (χ1n) is 6.10. The summed E-state index contributed by atoms with van der Waals surface area (Å²) in [6, 6.07) is 0.483. The molecular weight excluding hydrogens is 230 g/mol. The van der Waals surface area contributed by atoms with Gasteiger partial charge in [0.1, 0.15) is 0 Å². The molecule has 98 valence electrons. The van der Waals surface area contributed by atoms with E-state index in [9.17, 15) is 4.79 Å². The Labute approximate surface area is 111 Å². The van der Waals surface area contributed by atoms with Crippen LogP contribution in [0.15, 0.2) is 0 Å². The van der Waals surface area contributed by atoms with Gasteiger partial charge >= 0.3 is 0 Å². The minimum absolute atomic E-state index is 0.0133. The third-order valence-electron chi connectivity index (χ3n) is 2.05. The van der Waals surface area contributed by atoms with E-state index in [2.05, 4.69) is 32.6 Å². The molecular formula is C14H25NOS. The van der Waals surface area contributed by atoms with Crippen molar-refractivity contribution >= 4 is 17.0 Å². The lowest BCUT2D eigenvalue weighted by molar-refractivity contribution is 0.190. The van der Waals surface area contributed by atoms with Crippen LogP contribution in [0.2, 0.25) is 0 Å². The molecule has 0 unspecified atom stereocenters. The average Bonchev–Trinajstić information content (AvgIpc) is 2.09. The van der Waals surface area contributed by atoms with E-state index in [1.807, 2.05) is 32.6 Å². The van der Waals surface area contributed by atoms with Gasteiger partial charge in [-0.2, -0.15) is 0 Å². The van der Waals surface area contributed by atoms with Crippen molar-refractivity contribution in [2.24, 2.45) is 5.41 Å². The molecule has 0 aromatic rings. The van der Waals surface area contributed by atoms with Gasteiger partial charge in [-0.1, -0.05) is 23.6 Å². The number of thioether (sulfide) groups is 1. The van der Waals surface area contributed by atoms with Crippen molar-refractivity contribution in [1.29, 1.82) is 0 Å². The molecule has 2 nitrogen and oxygen atoms in total. The quantitative estimate of drug-likeness (QED) is 0.710. The zero-order chi connectivity index (χ0) is 13.6. The molecule has 0 bridgehead atoms. The van der Waals surface area contributed by atoms with Crippen molar-refractivity contribution in [1.82, 2.24) is 4.90 Å². The SMILES string of the molecule is CC(C)N(C(=O)SCC#CC(C)(C)C)C(C)C. The van der Waals surface area contributed by atoms with Gasteiger partial charge in [0, 0.05) is 17.5 Å². The summed E-state index contributed by atoms with van der Waals surface area (Å²) in [5, 5.41) is 0.123. The van der Waals surface area contributed by atoms with E-state index in [1.54, 1.807) is 0 Å². The van der Waals surface area contributed by atoms with Crippen molar-refractivity contribution in [3.63, 3.8) is 0 Å². The summed E-state index contributed by atoms with van der Waals surface area (Å²) in [6.45, 7) is 14.4. The molecule has 0 saturated carbocycles. The molecule has 3 heteroatoms. The summed E-state index contributed by atoms with van der Waals surface area (Å²) in [4.78, 5) is 13.9. The number of amides is 1. The lowest BCUT2D eigenvalue weighted by Gasteiger charge is -2.29. The number of hydrogen-bond acceptors (Lipinski definition) is 2. The first kappa shape index (κ1) is 16.4. The Kier molecular flexibility index (Phi) is 6.70. The van der Waals surface area contributed by atoms with Gasteiger partial charge < -0.3 is 4.90 Å². The molecule has 0 radical (unpaired) electrons. The maximum atomic E-state index is 12.0. The fourth-order valence-corrected chi connectivity index (χ4v) is 2.33. The van der Waals surface area contributed by atoms with E-state index in [0.717, 1.165) is 0 Å². The highest BCUT2D eigenvalue weighted by Crippen LogP contribution is 2.15. The van der Waals surface area contributed by atoms with Crippen LogP contribution in [-0.4, -0.2) is 28.0 Å². The summed E-state index contributed by atoms with van der Waals surface area (Å²) in [5.74, 6) is 6.76. The molecule has 17 heavy (non-hydrogen) atoms. The Hall–Kier alpha value is -0.620. The number of carbonyl (C=O) groups excluding carboxylic acids is 1. The molecule has 1 amide bonds. The molecule has 0 rings (SSSR count). The Morgan fingerprint density at radius 1 is 1.18 bits per heavy atom. The average molecular weight is 255 g/mol. The first-order valence-corrected chi connectivity index (χ1v) is 7.09. The first-order chi connectivity index (χ1) is 7.65. The van der Waals surface area contributed by atoms with E-state index in [0.29, 0.717) is 5.75 Å². The predicted molar refractivity (Wildman–Crippen MR) is 77.2 cm³/mol. The maximum absolute atomic E-state index is 12.0. The summed E-state index contributed by atoms with van der Waals surface area (Å²) in [7, 11) is 0. The molecule has 0 N–H and O–H groups in total. The third-order valence-corrected chi connectivity index (χ3v) is 2.80. The minimum Gasteiger partial charge on any atom is -0.329 e. The van der Waals surface area contributed by atoms with Crippen LogP contribution in [0.1, 0.15) is 48.5 Å². The van der Waals surface area contributed by atoms with Crippen molar-refractivity contribution in [3.8, 4) is 11.8 Å². The zero-order valence-corrected chi connectivity index (χ0v) is 12.9. The highest BCUT2D eigenvalue weighted by molar-refractivity contribution is 8.13. The van der Waals surface area contributed by atoms with Crippen LogP contribution in [0.25, 0.3) is 0 Å². The fourth-order valence-electron chi connectivity index (χ4n) is 1.49. The second kappa shape index (κ2) is 6.96. The van der Waals surface area contributed by atoms with Crippen LogP contribution < -0.4 is 0 Å². The standard InChI is InChI=1S/C14H25NOS/c1-11(2)15(12(3)4)13(16)17-10-8-9-14(5,6)7/h11-12H,10H2,1-7H3. The lowest BCUT2D eigenvalue weighted by atomic mass is 9.98. The topological polar surface area (TPSA) is 20.3 Å². The minimum atomic E-state index is 0.0133. The normalized spacial score (nSPS) is 11.4. The van der Waals surface area contributed by atoms with Crippen LogP contribution in [0.5, 0.6) is 0 Å². The van der Waals surface area contributed by atoms with E-state index < -0.39 is 0 Å². The van der Waals surface area contributed by atoms with Crippen molar-refractivity contribution in [3.05, 3.63) is 0 Å². The molecule has 0 atom stereocenters. The Morgan fingerprint density at radius 2 is 1.65 bits per heavy atom. The summed E-state index contributed by atoms with van der Waals surface area (Å²) in [5.41, 5.74) is 0.0133. The molecule has 0 aromatic heterocycles. The Morgan fingerprint density at radius 3 is 2.00 bits per heavy atom. The van der Waals surface area contributed by atoms with Gasteiger partial charge in [0.15, 0.2) is 0 Å². The molecule has 0 fully saturated rings. The zero-order valence-electron chi connectivity index (χ0n) is 12.1. The summed E-state index contributed by atoms with van der Waals surface area (Å²) in [6.07, 6.45) is 0. The highest BCUT2D eigenvalue weighted by atomic mass is 32.2. The number of carbonyl (C=O) groups is 1. The number of hydrogen-bond donors (Lipinski definition) is 0. The number of nitrogens with zero attached hydrogens (tertiary/aromatic N) is 1. The smallest absolute Gasteiger partial charge is 0.283 e. The predicted octanol–water partition coefficient (Wildman–Crippen LogP) is 4.01. The second-order valence-electron chi connectivity index (χ2n) is 5.70. The molecule has 0 aliphatic rings. The largest absolute Gasteiger partial charge is 0.329 e. The summed E-state index contributed by atoms with van der Waals surface area (Å²) >= 11 is 1.30.